The van der Waals surface area contributed by atoms with Crippen LogP contribution >= 0.6 is 0 Å². The van der Waals surface area contributed by atoms with E-state index in [2.05, 4.69) is 32.7 Å². The Bertz CT molecular complexity index is 319. The van der Waals surface area contributed by atoms with Crippen LogP contribution in [-0.4, -0.2) is 5.11 Å². The average Bonchev–Trinajstić information content (AvgIpc) is 2.07. The van der Waals surface area contributed by atoms with Crippen LogP contribution in [0.4, 0.5) is 5.69 Å². The molecule has 1 aromatic carbocycles. The third-order valence-electron chi connectivity index (χ3n) is 2.07. The van der Waals surface area contributed by atoms with Gasteiger partial charge < -0.3 is 10.4 Å². The molecular formula is C12H17NO. The Labute approximate surface area is 85.3 Å². The molecule has 0 aliphatic carbocycles. The molecule has 0 fully saturated rings. The van der Waals surface area contributed by atoms with E-state index in [9.17, 15) is 0 Å². The summed E-state index contributed by atoms with van der Waals surface area (Å²) in [5, 5.41) is 12.3. The molecule has 0 saturated heterocycles. The summed E-state index contributed by atoms with van der Waals surface area (Å²) in [6, 6.07) is 6.95. The summed E-state index contributed by atoms with van der Waals surface area (Å²) in [7, 11) is 0. The van der Waals surface area contributed by atoms with Crippen LogP contribution in [0, 0.1) is 5.41 Å². The van der Waals surface area contributed by atoms with Crippen molar-refractivity contribution in [3.8, 4) is 5.75 Å². The summed E-state index contributed by atoms with van der Waals surface area (Å²) in [4.78, 5) is 0. The summed E-state index contributed by atoms with van der Waals surface area (Å²) in [5.74, 6) is 0.275. The van der Waals surface area contributed by atoms with Crippen LogP contribution in [0.2, 0.25) is 0 Å². The van der Waals surface area contributed by atoms with Gasteiger partial charge in [0.2, 0.25) is 0 Å². The molecule has 0 radical (unpaired) electrons. The molecule has 0 aliphatic heterocycles. The maximum Gasteiger partial charge on any atom is 0.115 e. The SMILES string of the molecule is C=C(Nc1ccc(O)cc1)C(C)(C)C. The first-order chi connectivity index (χ1) is 6.39. The van der Waals surface area contributed by atoms with E-state index >= 15 is 0 Å². The number of allylic oxidation sites excluding steroid dienone is 1. The van der Waals surface area contributed by atoms with Crippen molar-refractivity contribution in [1.82, 2.24) is 0 Å². The number of rotatable bonds is 2. The second kappa shape index (κ2) is 3.74. The highest BCUT2D eigenvalue weighted by atomic mass is 16.3. The topological polar surface area (TPSA) is 32.3 Å². The highest BCUT2D eigenvalue weighted by Gasteiger charge is 2.14. The molecule has 0 heterocycles. The van der Waals surface area contributed by atoms with Gasteiger partial charge in [0.15, 0.2) is 0 Å². The van der Waals surface area contributed by atoms with Gasteiger partial charge in [-0.3, -0.25) is 0 Å². The molecule has 2 heteroatoms. The van der Waals surface area contributed by atoms with Crippen molar-refractivity contribution in [1.29, 1.82) is 0 Å². The third-order valence-corrected chi connectivity index (χ3v) is 2.07. The Balaban J connectivity index is 2.71. The number of phenols is 1. The number of nitrogens with one attached hydrogen (secondary N) is 1. The van der Waals surface area contributed by atoms with Crippen molar-refractivity contribution in [2.24, 2.45) is 5.41 Å². The number of anilines is 1. The van der Waals surface area contributed by atoms with Gasteiger partial charge in [0.25, 0.3) is 0 Å². The van der Waals surface area contributed by atoms with Crippen LogP contribution in [0.25, 0.3) is 0 Å². The lowest BCUT2D eigenvalue weighted by molar-refractivity contribution is 0.475. The summed E-state index contributed by atoms with van der Waals surface area (Å²) in [6.07, 6.45) is 0. The van der Waals surface area contributed by atoms with Crippen molar-refractivity contribution in [2.45, 2.75) is 20.8 Å². The first kappa shape index (κ1) is 10.6. The van der Waals surface area contributed by atoms with Gasteiger partial charge in [-0.2, -0.15) is 0 Å². The van der Waals surface area contributed by atoms with Gasteiger partial charge in [0.1, 0.15) is 5.75 Å². The average molecular weight is 191 g/mol. The maximum atomic E-state index is 9.10. The van der Waals surface area contributed by atoms with Crippen LogP contribution in [0.15, 0.2) is 36.5 Å². The molecule has 0 atom stereocenters. The molecule has 0 saturated carbocycles. The monoisotopic (exact) mass is 191 g/mol. The molecule has 2 nitrogen and oxygen atoms in total. The van der Waals surface area contributed by atoms with Gasteiger partial charge in [-0.25, -0.2) is 0 Å². The lowest BCUT2D eigenvalue weighted by Gasteiger charge is -2.23. The number of aromatic hydroxyl groups is 1. The highest BCUT2D eigenvalue weighted by molar-refractivity contribution is 5.50. The van der Waals surface area contributed by atoms with E-state index in [1.165, 1.54) is 0 Å². The maximum absolute atomic E-state index is 9.10. The lowest BCUT2D eigenvalue weighted by Crippen LogP contribution is -2.15. The van der Waals surface area contributed by atoms with E-state index in [0.29, 0.717) is 0 Å². The van der Waals surface area contributed by atoms with E-state index < -0.39 is 0 Å². The molecule has 14 heavy (non-hydrogen) atoms. The number of hydrogen-bond donors (Lipinski definition) is 2. The minimum Gasteiger partial charge on any atom is -0.508 e. The molecule has 76 valence electrons. The second-order valence-corrected chi connectivity index (χ2v) is 4.40. The zero-order valence-electron chi connectivity index (χ0n) is 8.96. The highest BCUT2D eigenvalue weighted by Crippen LogP contribution is 2.25. The van der Waals surface area contributed by atoms with Crippen LogP contribution in [0.5, 0.6) is 5.75 Å². The molecule has 0 spiro atoms. The minimum absolute atomic E-state index is 0.0396. The van der Waals surface area contributed by atoms with Crippen molar-refractivity contribution in [3.63, 3.8) is 0 Å². The van der Waals surface area contributed by atoms with E-state index in [0.717, 1.165) is 11.4 Å². The van der Waals surface area contributed by atoms with Gasteiger partial charge >= 0.3 is 0 Å². The van der Waals surface area contributed by atoms with Crippen molar-refractivity contribution in [2.75, 3.05) is 5.32 Å². The number of phenolic OH excluding ortho intramolecular Hbond substituents is 1. The standard InChI is InChI=1S/C12H17NO/c1-9(12(2,3)4)13-10-5-7-11(14)8-6-10/h5-8,13-14H,1H2,2-4H3. The lowest BCUT2D eigenvalue weighted by atomic mass is 9.93. The normalized spacial score (nSPS) is 11.1. The summed E-state index contributed by atoms with van der Waals surface area (Å²) in [5.41, 5.74) is 1.95. The summed E-state index contributed by atoms with van der Waals surface area (Å²) < 4.78 is 0. The van der Waals surface area contributed by atoms with E-state index in [4.69, 9.17) is 5.11 Å². The van der Waals surface area contributed by atoms with Gasteiger partial charge in [-0.15, -0.1) is 0 Å². The molecule has 0 amide bonds. The molecule has 1 aromatic rings. The molecule has 0 bridgehead atoms. The van der Waals surface area contributed by atoms with Gasteiger partial charge in [0, 0.05) is 16.8 Å². The second-order valence-electron chi connectivity index (χ2n) is 4.40. The van der Waals surface area contributed by atoms with Crippen molar-refractivity contribution >= 4 is 5.69 Å². The largest absolute Gasteiger partial charge is 0.508 e. The number of benzene rings is 1. The molecule has 0 aromatic heterocycles. The van der Waals surface area contributed by atoms with E-state index in [1.807, 2.05) is 12.1 Å². The zero-order chi connectivity index (χ0) is 10.8. The zero-order valence-corrected chi connectivity index (χ0v) is 8.96. The minimum atomic E-state index is 0.0396. The fraction of sp³-hybridized carbons (Fsp3) is 0.333. The van der Waals surface area contributed by atoms with Crippen LogP contribution in [-0.2, 0) is 0 Å². The van der Waals surface area contributed by atoms with Gasteiger partial charge in [0.05, 0.1) is 0 Å². The Morgan fingerprint density at radius 2 is 1.71 bits per heavy atom. The Morgan fingerprint density at radius 1 is 1.21 bits per heavy atom. The summed E-state index contributed by atoms with van der Waals surface area (Å²) >= 11 is 0. The molecule has 0 unspecified atom stereocenters. The number of hydrogen-bond acceptors (Lipinski definition) is 2. The molecular weight excluding hydrogens is 174 g/mol. The Hall–Kier alpha value is -1.44. The Kier molecular flexibility index (Phi) is 2.84. The van der Waals surface area contributed by atoms with Crippen molar-refractivity contribution in [3.05, 3.63) is 36.5 Å². The molecule has 0 aliphatic rings. The van der Waals surface area contributed by atoms with Gasteiger partial charge in [-0.1, -0.05) is 27.4 Å². The molecule has 2 N–H and O–H groups in total. The first-order valence-electron chi connectivity index (χ1n) is 4.65. The first-order valence-corrected chi connectivity index (χ1v) is 4.65. The van der Waals surface area contributed by atoms with E-state index in [1.54, 1.807) is 12.1 Å². The third kappa shape index (κ3) is 2.80. The predicted octanol–water partition coefficient (Wildman–Crippen LogP) is 3.36. The summed E-state index contributed by atoms with van der Waals surface area (Å²) in [6.45, 7) is 10.3. The quantitative estimate of drug-likeness (QED) is 0.702. The van der Waals surface area contributed by atoms with Crippen LogP contribution < -0.4 is 5.32 Å². The fourth-order valence-corrected chi connectivity index (χ4v) is 0.906. The van der Waals surface area contributed by atoms with Crippen LogP contribution in [0.3, 0.4) is 0 Å². The Morgan fingerprint density at radius 3 is 2.14 bits per heavy atom. The smallest absolute Gasteiger partial charge is 0.115 e. The van der Waals surface area contributed by atoms with E-state index in [-0.39, 0.29) is 11.2 Å². The van der Waals surface area contributed by atoms with Crippen LogP contribution in [0.1, 0.15) is 20.8 Å². The molecule has 1 rings (SSSR count). The predicted molar refractivity (Wildman–Crippen MR) is 60.3 cm³/mol. The fourth-order valence-electron chi connectivity index (χ4n) is 0.906. The van der Waals surface area contributed by atoms with Crippen molar-refractivity contribution < 1.29 is 5.11 Å². The van der Waals surface area contributed by atoms with Gasteiger partial charge in [-0.05, 0) is 24.3 Å².